The van der Waals surface area contributed by atoms with Crippen molar-refractivity contribution in [2.75, 3.05) is 0 Å². The first kappa shape index (κ1) is 12.2. The zero-order chi connectivity index (χ0) is 12.1. The molecule has 0 amide bonds. The van der Waals surface area contributed by atoms with Crippen LogP contribution in [0.15, 0.2) is 34.2 Å². The van der Waals surface area contributed by atoms with Crippen LogP contribution in [0.2, 0.25) is 0 Å². The number of nitrogens with one attached hydrogen (secondary N) is 1. The number of aromatic nitrogens is 1. The van der Waals surface area contributed by atoms with Gasteiger partial charge in [0.25, 0.3) is 0 Å². The SMILES string of the molecule is N#Cc1cc(CNCc2ccc(Br)s2)ccn1. The van der Waals surface area contributed by atoms with Crippen molar-refractivity contribution in [2.24, 2.45) is 0 Å². The van der Waals surface area contributed by atoms with Gasteiger partial charge in [-0.1, -0.05) is 0 Å². The molecular formula is C12H10BrN3S. The molecule has 1 N–H and O–H groups in total. The average molecular weight is 308 g/mol. The highest BCUT2D eigenvalue weighted by Crippen LogP contribution is 2.21. The monoisotopic (exact) mass is 307 g/mol. The minimum absolute atomic E-state index is 0.461. The predicted molar refractivity (Wildman–Crippen MR) is 71.5 cm³/mol. The fourth-order valence-electron chi connectivity index (χ4n) is 1.42. The summed E-state index contributed by atoms with van der Waals surface area (Å²) in [7, 11) is 0. The predicted octanol–water partition coefficient (Wildman–Crippen LogP) is 3.07. The van der Waals surface area contributed by atoms with Crippen molar-refractivity contribution in [2.45, 2.75) is 13.1 Å². The molecule has 0 aliphatic heterocycles. The minimum Gasteiger partial charge on any atom is -0.308 e. The van der Waals surface area contributed by atoms with Crippen LogP contribution in [-0.4, -0.2) is 4.98 Å². The van der Waals surface area contributed by atoms with Crippen molar-refractivity contribution >= 4 is 27.3 Å². The van der Waals surface area contributed by atoms with E-state index in [1.54, 1.807) is 23.6 Å². The lowest BCUT2D eigenvalue weighted by atomic mass is 10.2. The first-order valence-electron chi connectivity index (χ1n) is 5.08. The molecule has 0 atom stereocenters. The van der Waals surface area contributed by atoms with Gasteiger partial charge < -0.3 is 5.32 Å². The average Bonchev–Trinajstić information content (AvgIpc) is 2.75. The maximum absolute atomic E-state index is 8.73. The molecule has 5 heteroatoms. The summed E-state index contributed by atoms with van der Waals surface area (Å²) in [6, 6.07) is 9.89. The van der Waals surface area contributed by atoms with Crippen LogP contribution in [0.1, 0.15) is 16.1 Å². The number of rotatable bonds is 4. The summed E-state index contributed by atoms with van der Waals surface area (Å²) in [4.78, 5) is 5.22. The molecule has 2 aromatic rings. The Balaban J connectivity index is 1.88. The standard InChI is InChI=1S/C12H10BrN3S/c13-12-2-1-11(17-12)8-15-7-9-3-4-16-10(5-9)6-14/h1-5,15H,7-8H2. The number of halogens is 1. The Hall–Kier alpha value is -1.22. The second-order valence-corrected chi connectivity index (χ2v) is 6.02. The Morgan fingerprint density at radius 1 is 1.35 bits per heavy atom. The Labute approximate surface area is 112 Å². The molecule has 2 aromatic heterocycles. The van der Waals surface area contributed by atoms with Gasteiger partial charge in [0.2, 0.25) is 0 Å². The summed E-state index contributed by atoms with van der Waals surface area (Å²) in [6.07, 6.45) is 1.66. The van der Waals surface area contributed by atoms with Crippen molar-refractivity contribution in [3.63, 3.8) is 0 Å². The van der Waals surface area contributed by atoms with Gasteiger partial charge >= 0.3 is 0 Å². The molecule has 0 bridgehead atoms. The van der Waals surface area contributed by atoms with Gasteiger partial charge in [0.05, 0.1) is 3.79 Å². The van der Waals surface area contributed by atoms with Crippen LogP contribution < -0.4 is 5.32 Å². The number of hydrogen-bond donors (Lipinski definition) is 1. The summed E-state index contributed by atoms with van der Waals surface area (Å²) in [5.74, 6) is 0. The molecule has 3 nitrogen and oxygen atoms in total. The highest BCUT2D eigenvalue weighted by Gasteiger charge is 1.99. The van der Waals surface area contributed by atoms with Gasteiger partial charge in [-0.3, -0.25) is 0 Å². The van der Waals surface area contributed by atoms with Crippen LogP contribution >= 0.6 is 27.3 Å². The van der Waals surface area contributed by atoms with E-state index in [2.05, 4.69) is 32.3 Å². The molecule has 0 spiro atoms. The first-order valence-corrected chi connectivity index (χ1v) is 6.69. The van der Waals surface area contributed by atoms with E-state index < -0.39 is 0 Å². The first-order chi connectivity index (χ1) is 8.28. The molecule has 17 heavy (non-hydrogen) atoms. The molecule has 0 radical (unpaired) electrons. The van der Waals surface area contributed by atoms with E-state index in [-0.39, 0.29) is 0 Å². The molecule has 86 valence electrons. The molecule has 0 aliphatic carbocycles. The molecule has 0 aliphatic rings. The zero-order valence-corrected chi connectivity index (χ0v) is 11.4. The van der Waals surface area contributed by atoms with E-state index in [0.717, 1.165) is 22.4 Å². The molecule has 0 unspecified atom stereocenters. The zero-order valence-electron chi connectivity index (χ0n) is 8.98. The van der Waals surface area contributed by atoms with Crippen molar-refractivity contribution in [1.29, 1.82) is 5.26 Å². The maximum atomic E-state index is 8.73. The fourth-order valence-corrected chi connectivity index (χ4v) is 2.87. The van der Waals surface area contributed by atoms with E-state index in [4.69, 9.17) is 5.26 Å². The molecular weight excluding hydrogens is 298 g/mol. The minimum atomic E-state index is 0.461. The van der Waals surface area contributed by atoms with E-state index in [0.29, 0.717) is 5.69 Å². The third-order valence-electron chi connectivity index (χ3n) is 2.20. The number of nitriles is 1. The van der Waals surface area contributed by atoms with Crippen LogP contribution in [0.25, 0.3) is 0 Å². The largest absolute Gasteiger partial charge is 0.308 e. The topological polar surface area (TPSA) is 48.7 Å². The summed E-state index contributed by atoms with van der Waals surface area (Å²) < 4.78 is 1.14. The highest BCUT2D eigenvalue weighted by molar-refractivity contribution is 9.11. The van der Waals surface area contributed by atoms with E-state index in [1.165, 1.54) is 4.88 Å². The number of nitrogens with zero attached hydrogens (tertiary/aromatic N) is 2. The van der Waals surface area contributed by atoms with Crippen molar-refractivity contribution in [3.05, 3.63) is 50.4 Å². The van der Waals surface area contributed by atoms with Crippen LogP contribution in [0.5, 0.6) is 0 Å². The van der Waals surface area contributed by atoms with Gasteiger partial charge in [-0.05, 0) is 45.8 Å². The third kappa shape index (κ3) is 3.63. The fraction of sp³-hybridized carbons (Fsp3) is 0.167. The molecule has 0 saturated heterocycles. The molecule has 0 fully saturated rings. The maximum Gasteiger partial charge on any atom is 0.140 e. The Kier molecular flexibility index (Phi) is 4.26. The van der Waals surface area contributed by atoms with Crippen molar-refractivity contribution in [1.82, 2.24) is 10.3 Å². The second kappa shape index (κ2) is 5.92. The number of thiophene rings is 1. The Bertz CT molecular complexity index is 545. The summed E-state index contributed by atoms with van der Waals surface area (Å²) in [5, 5.41) is 12.1. The van der Waals surface area contributed by atoms with Gasteiger partial charge in [0.15, 0.2) is 0 Å². The second-order valence-electron chi connectivity index (χ2n) is 3.47. The van der Waals surface area contributed by atoms with Crippen LogP contribution in [0.4, 0.5) is 0 Å². The van der Waals surface area contributed by atoms with Crippen molar-refractivity contribution in [3.8, 4) is 6.07 Å². The highest BCUT2D eigenvalue weighted by atomic mass is 79.9. The Morgan fingerprint density at radius 2 is 2.24 bits per heavy atom. The molecule has 2 heterocycles. The van der Waals surface area contributed by atoms with Crippen LogP contribution in [-0.2, 0) is 13.1 Å². The molecule has 2 rings (SSSR count). The van der Waals surface area contributed by atoms with E-state index in [9.17, 15) is 0 Å². The van der Waals surface area contributed by atoms with Crippen LogP contribution in [0.3, 0.4) is 0 Å². The third-order valence-corrected chi connectivity index (χ3v) is 3.82. The number of pyridine rings is 1. The van der Waals surface area contributed by atoms with Gasteiger partial charge in [-0.15, -0.1) is 11.3 Å². The number of hydrogen-bond acceptors (Lipinski definition) is 4. The van der Waals surface area contributed by atoms with Gasteiger partial charge in [-0.2, -0.15) is 5.26 Å². The lowest BCUT2D eigenvalue weighted by molar-refractivity contribution is 0.700. The summed E-state index contributed by atoms with van der Waals surface area (Å²) >= 11 is 5.15. The summed E-state index contributed by atoms with van der Waals surface area (Å²) in [5.41, 5.74) is 1.54. The van der Waals surface area contributed by atoms with Crippen molar-refractivity contribution < 1.29 is 0 Å². The quantitative estimate of drug-likeness (QED) is 0.944. The smallest absolute Gasteiger partial charge is 0.140 e. The lowest BCUT2D eigenvalue weighted by Gasteiger charge is -2.03. The molecule has 0 saturated carbocycles. The molecule has 0 aromatic carbocycles. The van der Waals surface area contributed by atoms with Gasteiger partial charge in [0.1, 0.15) is 11.8 Å². The van der Waals surface area contributed by atoms with Crippen LogP contribution in [0, 0.1) is 11.3 Å². The van der Waals surface area contributed by atoms with Gasteiger partial charge in [0, 0.05) is 24.2 Å². The van der Waals surface area contributed by atoms with E-state index >= 15 is 0 Å². The lowest BCUT2D eigenvalue weighted by Crippen LogP contribution is -2.11. The van der Waals surface area contributed by atoms with E-state index in [1.807, 2.05) is 18.2 Å². The normalized spacial score (nSPS) is 10.1. The van der Waals surface area contributed by atoms with Gasteiger partial charge in [-0.25, -0.2) is 4.98 Å². The summed E-state index contributed by atoms with van der Waals surface area (Å²) in [6.45, 7) is 1.58. The Morgan fingerprint density at radius 3 is 2.94 bits per heavy atom.